The molecule has 0 spiro atoms. The molecule has 3 heteroatoms. The number of benzene rings is 1. The van der Waals surface area contributed by atoms with Gasteiger partial charge in [0.1, 0.15) is 5.75 Å². The fourth-order valence-corrected chi connectivity index (χ4v) is 1.69. The Labute approximate surface area is 101 Å². The lowest BCUT2D eigenvalue weighted by atomic mass is 10.1. The zero-order valence-electron chi connectivity index (χ0n) is 10.1. The number of nitrogens with one attached hydrogen (secondary N) is 1. The SMILES string of the molecule is COc1cccc([C@H](C)NCc2ccoc2)c1. The summed E-state index contributed by atoms with van der Waals surface area (Å²) in [7, 11) is 1.68. The van der Waals surface area contributed by atoms with Gasteiger partial charge in [0, 0.05) is 18.2 Å². The third-order valence-electron chi connectivity index (χ3n) is 2.79. The van der Waals surface area contributed by atoms with Crippen molar-refractivity contribution in [3.8, 4) is 5.75 Å². The molecule has 0 amide bonds. The molecule has 0 aliphatic heterocycles. The molecule has 0 aliphatic carbocycles. The van der Waals surface area contributed by atoms with E-state index >= 15 is 0 Å². The van der Waals surface area contributed by atoms with Crippen molar-refractivity contribution in [3.63, 3.8) is 0 Å². The van der Waals surface area contributed by atoms with Crippen molar-refractivity contribution < 1.29 is 9.15 Å². The third-order valence-corrected chi connectivity index (χ3v) is 2.79. The van der Waals surface area contributed by atoms with Crippen LogP contribution in [0.2, 0.25) is 0 Å². The van der Waals surface area contributed by atoms with Crippen LogP contribution in [0.1, 0.15) is 24.1 Å². The number of methoxy groups -OCH3 is 1. The monoisotopic (exact) mass is 231 g/mol. The van der Waals surface area contributed by atoms with Gasteiger partial charge in [-0.05, 0) is 30.7 Å². The van der Waals surface area contributed by atoms with Crippen molar-refractivity contribution in [3.05, 3.63) is 54.0 Å². The molecule has 1 aromatic heterocycles. The zero-order valence-corrected chi connectivity index (χ0v) is 10.1. The van der Waals surface area contributed by atoms with Crippen LogP contribution in [0.25, 0.3) is 0 Å². The van der Waals surface area contributed by atoms with E-state index < -0.39 is 0 Å². The quantitative estimate of drug-likeness (QED) is 0.858. The molecule has 0 bridgehead atoms. The molecule has 0 aliphatic rings. The summed E-state index contributed by atoms with van der Waals surface area (Å²) in [5.74, 6) is 0.888. The average Bonchev–Trinajstić information content (AvgIpc) is 2.89. The van der Waals surface area contributed by atoms with Crippen LogP contribution >= 0.6 is 0 Å². The molecule has 0 unspecified atom stereocenters. The van der Waals surface area contributed by atoms with E-state index in [2.05, 4.69) is 18.3 Å². The molecule has 0 saturated heterocycles. The van der Waals surface area contributed by atoms with E-state index in [-0.39, 0.29) is 6.04 Å². The minimum atomic E-state index is 0.278. The maximum absolute atomic E-state index is 5.21. The molecule has 0 radical (unpaired) electrons. The fourth-order valence-electron chi connectivity index (χ4n) is 1.69. The predicted octanol–water partition coefficient (Wildman–Crippen LogP) is 3.14. The Balaban J connectivity index is 1.96. The van der Waals surface area contributed by atoms with Gasteiger partial charge in [0.15, 0.2) is 0 Å². The van der Waals surface area contributed by atoms with Crippen LogP contribution in [0.5, 0.6) is 5.75 Å². The van der Waals surface area contributed by atoms with Crippen molar-refractivity contribution in [2.75, 3.05) is 7.11 Å². The van der Waals surface area contributed by atoms with Gasteiger partial charge >= 0.3 is 0 Å². The van der Waals surface area contributed by atoms with Gasteiger partial charge in [-0.2, -0.15) is 0 Å². The molecule has 1 aromatic carbocycles. The first-order valence-electron chi connectivity index (χ1n) is 5.68. The van der Waals surface area contributed by atoms with Crippen LogP contribution in [-0.2, 0) is 6.54 Å². The van der Waals surface area contributed by atoms with E-state index in [1.807, 2.05) is 24.3 Å². The highest BCUT2D eigenvalue weighted by Gasteiger charge is 2.06. The zero-order chi connectivity index (χ0) is 12.1. The molecule has 17 heavy (non-hydrogen) atoms. The number of ether oxygens (including phenoxy) is 1. The molecule has 1 heterocycles. The first-order valence-corrected chi connectivity index (χ1v) is 5.68. The van der Waals surface area contributed by atoms with Gasteiger partial charge in [0.25, 0.3) is 0 Å². The van der Waals surface area contributed by atoms with Crippen molar-refractivity contribution >= 4 is 0 Å². The third kappa shape index (κ3) is 3.11. The van der Waals surface area contributed by atoms with Crippen molar-refractivity contribution in [2.45, 2.75) is 19.5 Å². The molecule has 2 rings (SSSR count). The van der Waals surface area contributed by atoms with Crippen LogP contribution in [0, 0.1) is 0 Å². The maximum atomic E-state index is 5.21. The molecule has 1 N–H and O–H groups in total. The Bertz CT molecular complexity index is 451. The van der Waals surface area contributed by atoms with Crippen LogP contribution in [0.3, 0.4) is 0 Å². The van der Waals surface area contributed by atoms with Gasteiger partial charge in [0.05, 0.1) is 19.6 Å². The lowest BCUT2D eigenvalue weighted by molar-refractivity contribution is 0.413. The van der Waals surface area contributed by atoms with E-state index in [9.17, 15) is 0 Å². The smallest absolute Gasteiger partial charge is 0.119 e. The van der Waals surface area contributed by atoms with E-state index in [1.54, 1.807) is 19.6 Å². The molecule has 0 fully saturated rings. The van der Waals surface area contributed by atoms with Crippen LogP contribution in [0.15, 0.2) is 47.3 Å². The minimum absolute atomic E-state index is 0.278. The highest BCUT2D eigenvalue weighted by molar-refractivity contribution is 5.30. The fraction of sp³-hybridized carbons (Fsp3) is 0.286. The van der Waals surface area contributed by atoms with Crippen molar-refractivity contribution in [1.29, 1.82) is 0 Å². The average molecular weight is 231 g/mol. The summed E-state index contributed by atoms with van der Waals surface area (Å²) in [4.78, 5) is 0. The van der Waals surface area contributed by atoms with E-state index in [0.717, 1.165) is 17.9 Å². The Morgan fingerprint density at radius 1 is 1.35 bits per heavy atom. The van der Waals surface area contributed by atoms with E-state index in [4.69, 9.17) is 9.15 Å². The lowest BCUT2D eigenvalue weighted by Crippen LogP contribution is -2.17. The largest absolute Gasteiger partial charge is 0.497 e. The summed E-state index contributed by atoms with van der Waals surface area (Å²) in [5, 5.41) is 3.44. The van der Waals surface area contributed by atoms with Gasteiger partial charge in [-0.1, -0.05) is 12.1 Å². The summed E-state index contributed by atoms with van der Waals surface area (Å²) < 4.78 is 10.2. The Morgan fingerprint density at radius 3 is 2.94 bits per heavy atom. The summed E-state index contributed by atoms with van der Waals surface area (Å²) in [5.41, 5.74) is 2.37. The van der Waals surface area contributed by atoms with Crippen LogP contribution in [0.4, 0.5) is 0 Å². The molecule has 3 nitrogen and oxygen atoms in total. The van der Waals surface area contributed by atoms with Gasteiger partial charge in [0.2, 0.25) is 0 Å². The standard InChI is InChI=1S/C14H17NO2/c1-11(15-9-12-6-7-17-10-12)13-4-3-5-14(8-13)16-2/h3-8,10-11,15H,9H2,1-2H3/t11-/m0/s1. The molecule has 0 saturated carbocycles. The summed E-state index contributed by atoms with van der Waals surface area (Å²) in [6.45, 7) is 2.93. The van der Waals surface area contributed by atoms with Gasteiger partial charge < -0.3 is 14.5 Å². The van der Waals surface area contributed by atoms with Gasteiger partial charge in [-0.25, -0.2) is 0 Å². The second kappa shape index (κ2) is 5.55. The first kappa shape index (κ1) is 11.7. The summed E-state index contributed by atoms with van der Waals surface area (Å²) >= 11 is 0. The highest BCUT2D eigenvalue weighted by Crippen LogP contribution is 2.19. The molecular formula is C14H17NO2. The minimum Gasteiger partial charge on any atom is -0.497 e. The normalized spacial score (nSPS) is 12.4. The second-order valence-corrected chi connectivity index (χ2v) is 4.01. The van der Waals surface area contributed by atoms with Crippen molar-refractivity contribution in [2.24, 2.45) is 0 Å². The van der Waals surface area contributed by atoms with E-state index in [1.165, 1.54) is 5.56 Å². The number of hydrogen-bond acceptors (Lipinski definition) is 3. The van der Waals surface area contributed by atoms with Crippen LogP contribution < -0.4 is 10.1 Å². The Morgan fingerprint density at radius 2 is 2.24 bits per heavy atom. The second-order valence-electron chi connectivity index (χ2n) is 4.01. The highest BCUT2D eigenvalue weighted by atomic mass is 16.5. The predicted molar refractivity (Wildman–Crippen MR) is 67.0 cm³/mol. The summed E-state index contributed by atoms with van der Waals surface area (Å²) in [6, 6.07) is 10.3. The number of rotatable bonds is 5. The topological polar surface area (TPSA) is 34.4 Å². The van der Waals surface area contributed by atoms with Gasteiger partial charge in [-0.3, -0.25) is 0 Å². The number of furan rings is 1. The lowest BCUT2D eigenvalue weighted by Gasteiger charge is -2.14. The summed E-state index contributed by atoms with van der Waals surface area (Å²) in [6.07, 6.45) is 3.44. The Hall–Kier alpha value is -1.74. The van der Waals surface area contributed by atoms with Crippen molar-refractivity contribution in [1.82, 2.24) is 5.32 Å². The molecule has 1 atom stereocenters. The first-order chi connectivity index (χ1) is 8.29. The van der Waals surface area contributed by atoms with E-state index in [0.29, 0.717) is 0 Å². The molecule has 2 aromatic rings. The Kier molecular flexibility index (Phi) is 3.83. The van der Waals surface area contributed by atoms with Crippen LogP contribution in [-0.4, -0.2) is 7.11 Å². The van der Waals surface area contributed by atoms with Gasteiger partial charge in [-0.15, -0.1) is 0 Å². The number of hydrogen-bond donors (Lipinski definition) is 1. The maximum Gasteiger partial charge on any atom is 0.119 e. The molecular weight excluding hydrogens is 214 g/mol. The molecule has 90 valence electrons.